The average molecular weight is 621 g/mol. The number of aliphatic hydroxyl groups is 2. The number of hydrogen-bond donors (Lipinski definition) is 4. The zero-order valence-electron chi connectivity index (χ0n) is 25.6. The van der Waals surface area contributed by atoms with Crippen LogP contribution in [0.15, 0.2) is 4.99 Å². The molecule has 1 aromatic rings. The molecule has 11 nitrogen and oxygen atoms in total. The molecule has 2 amide bonds. The molecule has 7 atom stereocenters. The number of amides is 2. The lowest BCUT2D eigenvalue weighted by atomic mass is 9.72. The topological polar surface area (TPSA) is 151 Å². The lowest BCUT2D eigenvalue weighted by molar-refractivity contribution is -0.129. The number of aromatic nitrogens is 3. The Morgan fingerprint density at radius 2 is 1.70 bits per heavy atom. The molecule has 1 aliphatic heterocycles. The number of fused-ring (bicyclic) bond motifs is 3. The molecule has 0 bridgehead atoms. The van der Waals surface area contributed by atoms with Crippen molar-refractivity contribution in [2.75, 3.05) is 20.2 Å². The van der Waals surface area contributed by atoms with Gasteiger partial charge in [0.05, 0.1) is 24.7 Å². The van der Waals surface area contributed by atoms with Crippen LogP contribution in [0.1, 0.15) is 107 Å². The Hall–Kier alpha value is -2.08. The third-order valence-corrected chi connectivity index (χ3v) is 10.6. The first-order valence-corrected chi connectivity index (χ1v) is 16.7. The summed E-state index contributed by atoms with van der Waals surface area (Å²) < 4.78 is 8.08. The highest BCUT2D eigenvalue weighted by molar-refractivity contribution is 6.20. The molecule has 43 heavy (non-hydrogen) atoms. The maximum atomic E-state index is 13.2. The molecule has 5 rings (SSSR count). The molecule has 4 aliphatic rings. The van der Waals surface area contributed by atoms with E-state index in [1.807, 2.05) is 6.92 Å². The lowest BCUT2D eigenvalue weighted by Gasteiger charge is -2.39. The smallest absolute Gasteiger partial charge is 0.223 e. The van der Waals surface area contributed by atoms with E-state index in [2.05, 4.69) is 25.4 Å². The van der Waals surface area contributed by atoms with E-state index in [1.54, 1.807) is 7.11 Å². The summed E-state index contributed by atoms with van der Waals surface area (Å²) in [5, 5.41) is 34.7. The van der Waals surface area contributed by atoms with E-state index >= 15 is 0 Å². The van der Waals surface area contributed by atoms with Crippen LogP contribution in [0.2, 0.25) is 0 Å². The quantitative estimate of drug-likeness (QED) is 0.232. The van der Waals surface area contributed by atoms with Crippen molar-refractivity contribution in [3.8, 4) is 0 Å². The fraction of sp³-hybridized carbons (Fsp3) is 0.839. The summed E-state index contributed by atoms with van der Waals surface area (Å²) in [6.45, 7) is 3.02. The number of hydrogen-bond acceptors (Lipinski definition) is 8. The van der Waals surface area contributed by atoms with E-state index in [1.165, 1.54) is 5.71 Å². The highest BCUT2D eigenvalue weighted by Crippen LogP contribution is 2.45. The number of methoxy groups -OCH3 is 1. The number of aliphatic imine (C=N–C) groups is 1. The zero-order valence-corrected chi connectivity index (χ0v) is 26.3. The van der Waals surface area contributed by atoms with Crippen molar-refractivity contribution in [3.63, 3.8) is 0 Å². The Morgan fingerprint density at radius 1 is 0.953 bits per heavy atom. The Balaban J connectivity index is 1.18. The van der Waals surface area contributed by atoms with E-state index < -0.39 is 12.2 Å². The van der Waals surface area contributed by atoms with Crippen LogP contribution in [0.25, 0.3) is 0 Å². The second kappa shape index (κ2) is 14.8. The SMILES string of the molecule is COC1CCC2C(C1)C(C1CCC(Cl)CC1)=N[C@@H](CC(=O)NCCCCNC(=O)C1CCC(O)C(O)C1)c1nnc(C)n12. The maximum Gasteiger partial charge on any atom is 0.223 e. The van der Waals surface area contributed by atoms with Gasteiger partial charge in [-0.15, -0.1) is 21.8 Å². The Kier molecular flexibility index (Phi) is 11.1. The lowest BCUT2D eigenvalue weighted by Crippen LogP contribution is -2.40. The Bertz CT molecular complexity index is 1140. The van der Waals surface area contributed by atoms with Crippen molar-refractivity contribution in [3.05, 3.63) is 11.6 Å². The molecule has 12 heteroatoms. The number of rotatable bonds is 10. The summed E-state index contributed by atoms with van der Waals surface area (Å²) in [4.78, 5) is 31.0. The van der Waals surface area contributed by atoms with Gasteiger partial charge in [0.1, 0.15) is 11.9 Å². The first-order chi connectivity index (χ1) is 20.7. The van der Waals surface area contributed by atoms with Crippen LogP contribution in [0, 0.1) is 24.7 Å². The molecule has 4 N–H and O–H groups in total. The summed E-state index contributed by atoms with van der Waals surface area (Å²) in [7, 11) is 1.79. The van der Waals surface area contributed by atoms with Crippen LogP contribution >= 0.6 is 11.6 Å². The number of nitrogens with one attached hydrogen (secondary N) is 2. The number of ether oxygens (including phenoxy) is 1. The number of unbranched alkanes of at least 4 members (excludes halogenated alkanes) is 1. The zero-order chi connectivity index (χ0) is 30.5. The van der Waals surface area contributed by atoms with Gasteiger partial charge in [-0.2, -0.15) is 0 Å². The summed E-state index contributed by atoms with van der Waals surface area (Å²) in [5.41, 5.74) is 1.22. The molecule has 3 fully saturated rings. The number of aryl methyl sites for hydroxylation is 1. The van der Waals surface area contributed by atoms with Crippen molar-refractivity contribution >= 4 is 29.1 Å². The van der Waals surface area contributed by atoms with E-state index in [9.17, 15) is 19.8 Å². The van der Waals surface area contributed by atoms with Crippen LogP contribution in [0.4, 0.5) is 0 Å². The number of alkyl halides is 1. The number of carbonyl (C=O) groups is 2. The van der Waals surface area contributed by atoms with Crippen molar-refractivity contribution < 1.29 is 24.5 Å². The number of nitrogens with zero attached hydrogens (tertiary/aromatic N) is 4. The fourth-order valence-corrected chi connectivity index (χ4v) is 7.91. The van der Waals surface area contributed by atoms with Gasteiger partial charge in [0.15, 0.2) is 5.82 Å². The third-order valence-electron chi connectivity index (χ3n) is 10.1. The molecular weight excluding hydrogens is 572 g/mol. The standard InChI is InChI=1S/C31H49ClN6O5/c1-18-36-37-30-24(17-28(41)33-13-3-4-14-34-31(42)20-7-12-26(39)27(40)15-20)35-29(19-5-8-21(32)9-6-19)23-16-22(43-2)10-11-25(23)38(18)30/h19-27,39-40H,3-17H2,1-2H3,(H,33,41)(H,34,42)/t19?,20?,21?,22?,23?,24-,25?,26?,27?/m0/s1. The van der Waals surface area contributed by atoms with Gasteiger partial charge >= 0.3 is 0 Å². The normalized spacial score (nSPS) is 34.3. The first-order valence-electron chi connectivity index (χ1n) is 16.3. The van der Waals surface area contributed by atoms with Gasteiger partial charge in [-0.25, -0.2) is 0 Å². The molecular formula is C31H49ClN6O5. The van der Waals surface area contributed by atoms with Crippen LogP contribution in [0.3, 0.4) is 0 Å². The van der Waals surface area contributed by atoms with Gasteiger partial charge in [-0.1, -0.05) is 0 Å². The molecule has 3 aliphatic carbocycles. The number of carbonyl (C=O) groups excluding carboxylic acids is 2. The highest BCUT2D eigenvalue weighted by Gasteiger charge is 2.43. The van der Waals surface area contributed by atoms with E-state index in [0.29, 0.717) is 38.3 Å². The summed E-state index contributed by atoms with van der Waals surface area (Å²) in [6.07, 6.45) is 8.50. The third kappa shape index (κ3) is 7.78. The molecule has 0 aromatic carbocycles. The predicted molar refractivity (Wildman–Crippen MR) is 163 cm³/mol. The van der Waals surface area contributed by atoms with Crippen molar-refractivity contribution in [2.24, 2.45) is 22.7 Å². The molecule has 0 radical (unpaired) electrons. The van der Waals surface area contributed by atoms with Crippen LogP contribution in [-0.2, 0) is 14.3 Å². The molecule has 0 spiro atoms. The monoisotopic (exact) mass is 620 g/mol. The minimum Gasteiger partial charge on any atom is -0.390 e. The van der Waals surface area contributed by atoms with Crippen molar-refractivity contribution in [1.82, 2.24) is 25.4 Å². The summed E-state index contributed by atoms with van der Waals surface area (Å²) in [5.74, 6) is 1.84. The van der Waals surface area contributed by atoms with Crippen LogP contribution in [-0.4, -0.2) is 86.4 Å². The average Bonchev–Trinajstić information content (AvgIpc) is 3.33. The minimum atomic E-state index is -0.835. The molecule has 240 valence electrons. The van der Waals surface area contributed by atoms with Gasteiger partial charge in [-0.3, -0.25) is 14.6 Å². The van der Waals surface area contributed by atoms with E-state index in [-0.39, 0.29) is 53.6 Å². The van der Waals surface area contributed by atoms with Gasteiger partial charge < -0.3 is 30.2 Å². The molecule has 3 saturated carbocycles. The highest BCUT2D eigenvalue weighted by atomic mass is 35.5. The Morgan fingerprint density at radius 3 is 2.42 bits per heavy atom. The molecule has 2 heterocycles. The Labute approximate surface area is 259 Å². The second-order valence-electron chi connectivity index (χ2n) is 13.0. The molecule has 6 unspecified atom stereocenters. The number of halogens is 1. The van der Waals surface area contributed by atoms with Crippen LogP contribution < -0.4 is 10.6 Å². The predicted octanol–water partition coefficient (Wildman–Crippen LogP) is 3.16. The maximum absolute atomic E-state index is 13.2. The van der Waals surface area contributed by atoms with Crippen LogP contribution in [0.5, 0.6) is 0 Å². The second-order valence-corrected chi connectivity index (χ2v) is 13.7. The van der Waals surface area contributed by atoms with Crippen molar-refractivity contribution in [2.45, 2.75) is 126 Å². The fourth-order valence-electron chi connectivity index (χ4n) is 7.66. The van der Waals surface area contributed by atoms with Gasteiger partial charge in [0.2, 0.25) is 11.8 Å². The largest absolute Gasteiger partial charge is 0.390 e. The van der Waals surface area contributed by atoms with Gasteiger partial charge in [0.25, 0.3) is 0 Å². The summed E-state index contributed by atoms with van der Waals surface area (Å²) in [6, 6.07) is -0.172. The molecule has 1 aromatic heterocycles. The van der Waals surface area contributed by atoms with Crippen molar-refractivity contribution in [1.29, 1.82) is 0 Å². The first kappa shape index (κ1) is 32.3. The number of aliphatic hydroxyl groups excluding tert-OH is 2. The van der Waals surface area contributed by atoms with E-state index in [0.717, 1.165) is 69.4 Å². The minimum absolute atomic E-state index is 0.0665. The summed E-state index contributed by atoms with van der Waals surface area (Å²) >= 11 is 6.48. The molecule has 0 saturated heterocycles. The van der Waals surface area contributed by atoms with Gasteiger partial charge in [-0.05, 0) is 89.9 Å². The van der Waals surface area contributed by atoms with E-state index in [4.69, 9.17) is 21.3 Å². The van der Waals surface area contributed by atoms with Gasteiger partial charge in [0, 0.05) is 49.2 Å².